The zero-order chi connectivity index (χ0) is 25.1. The summed E-state index contributed by atoms with van der Waals surface area (Å²) in [5.41, 5.74) is 0.271. The summed E-state index contributed by atoms with van der Waals surface area (Å²) in [5.74, 6) is -2.98. The standard InChI is InChI=1S/C20H15N5O8S2/c26-9-21-20-22-12(8-35-20)15(27)16(28)23-14-17(29)24-13(5-6-34-18(14)24)19(30)33-7-10-1-3-11(4-2-10)25(31)32/h1-5,8-9,14,18H,6-7H2,(H,23,28)(H,21,22,26)/t14?,18-/m0/s1. The third-order valence-electron chi connectivity index (χ3n) is 4.98. The fourth-order valence-corrected chi connectivity index (χ4v) is 5.13. The number of amides is 3. The van der Waals surface area contributed by atoms with E-state index in [1.165, 1.54) is 52.4 Å². The van der Waals surface area contributed by atoms with Gasteiger partial charge in [-0.15, -0.1) is 23.1 Å². The van der Waals surface area contributed by atoms with Crippen molar-refractivity contribution in [3.05, 3.63) is 62.8 Å². The number of nitrogens with one attached hydrogen (secondary N) is 2. The lowest BCUT2D eigenvalue weighted by atomic mass is 10.0. The molecule has 0 spiro atoms. The number of aromatic nitrogens is 1. The molecule has 1 aromatic carbocycles. The van der Waals surface area contributed by atoms with E-state index in [2.05, 4.69) is 15.6 Å². The van der Waals surface area contributed by atoms with Crippen molar-refractivity contribution in [2.24, 2.45) is 0 Å². The van der Waals surface area contributed by atoms with Gasteiger partial charge in [-0.2, -0.15) is 0 Å². The molecule has 1 aromatic heterocycles. The molecule has 1 fully saturated rings. The third kappa shape index (κ3) is 4.90. The van der Waals surface area contributed by atoms with Gasteiger partial charge in [0.05, 0.1) is 4.92 Å². The average Bonchev–Trinajstić information content (AvgIpc) is 3.33. The highest BCUT2D eigenvalue weighted by atomic mass is 32.2. The van der Waals surface area contributed by atoms with Crippen molar-refractivity contribution < 1.29 is 33.6 Å². The van der Waals surface area contributed by atoms with E-state index in [0.29, 0.717) is 17.7 Å². The van der Waals surface area contributed by atoms with Crippen molar-refractivity contribution in [2.45, 2.75) is 18.0 Å². The number of carbonyl (C=O) groups excluding carboxylic acids is 5. The normalized spacial score (nSPS) is 18.5. The Kier molecular flexibility index (Phi) is 6.88. The average molecular weight is 518 g/mol. The van der Waals surface area contributed by atoms with Crippen molar-refractivity contribution in [2.75, 3.05) is 11.1 Å². The quantitative estimate of drug-likeness (QED) is 0.0920. The Hall–Kier alpha value is -4.11. The molecule has 1 unspecified atom stereocenters. The zero-order valence-corrected chi connectivity index (χ0v) is 19.2. The van der Waals surface area contributed by atoms with Gasteiger partial charge in [0.1, 0.15) is 29.4 Å². The first-order valence-corrected chi connectivity index (χ1v) is 11.8. The number of ketones is 1. The van der Waals surface area contributed by atoms with E-state index in [0.717, 1.165) is 11.3 Å². The van der Waals surface area contributed by atoms with Gasteiger partial charge in [-0.25, -0.2) is 9.78 Å². The number of thioether (sulfide) groups is 1. The molecule has 35 heavy (non-hydrogen) atoms. The monoisotopic (exact) mass is 517 g/mol. The SMILES string of the molecule is O=CNc1nc(C(=O)C(=O)NC2C(=O)N3C(C(=O)OCc4ccc([N+](=O)[O-])cc4)=CCS[C@@H]23)cs1. The summed E-state index contributed by atoms with van der Waals surface area (Å²) in [5, 5.41) is 16.2. The molecule has 2 N–H and O–H groups in total. The summed E-state index contributed by atoms with van der Waals surface area (Å²) >= 11 is 2.26. The van der Waals surface area contributed by atoms with Crippen LogP contribution in [0.1, 0.15) is 16.1 Å². The molecule has 2 aliphatic rings. The Morgan fingerprint density at radius 3 is 2.71 bits per heavy atom. The molecule has 2 aromatic rings. The van der Waals surface area contributed by atoms with Gasteiger partial charge in [0.25, 0.3) is 23.3 Å². The Morgan fingerprint density at radius 1 is 1.29 bits per heavy atom. The number of thiazole rings is 1. The van der Waals surface area contributed by atoms with Gasteiger partial charge in [0.2, 0.25) is 6.41 Å². The Morgan fingerprint density at radius 2 is 2.03 bits per heavy atom. The largest absolute Gasteiger partial charge is 0.456 e. The molecule has 180 valence electrons. The van der Waals surface area contributed by atoms with Gasteiger partial charge in [-0.05, 0) is 23.8 Å². The number of rotatable bonds is 9. The molecular weight excluding hydrogens is 502 g/mol. The van der Waals surface area contributed by atoms with Crippen LogP contribution in [0.2, 0.25) is 0 Å². The van der Waals surface area contributed by atoms with Crippen LogP contribution in [0.15, 0.2) is 41.4 Å². The number of nitro groups is 1. The van der Waals surface area contributed by atoms with E-state index in [4.69, 9.17) is 4.74 Å². The van der Waals surface area contributed by atoms with Gasteiger partial charge < -0.3 is 15.4 Å². The number of Topliss-reactive ketones (excluding diaryl/α,β-unsaturated/α-hetero) is 1. The van der Waals surface area contributed by atoms with Crippen LogP contribution in [0.25, 0.3) is 0 Å². The van der Waals surface area contributed by atoms with Gasteiger partial charge in [0, 0.05) is 23.3 Å². The first-order valence-electron chi connectivity index (χ1n) is 9.86. The molecule has 0 radical (unpaired) electrons. The minimum absolute atomic E-state index is 0.0153. The summed E-state index contributed by atoms with van der Waals surface area (Å²) in [4.78, 5) is 75.6. The molecule has 4 rings (SSSR count). The lowest BCUT2D eigenvalue weighted by Gasteiger charge is -2.48. The van der Waals surface area contributed by atoms with Crippen LogP contribution in [0.5, 0.6) is 0 Å². The number of β-lactam (4-membered cyclic amide) rings is 1. The Labute approximate surface area is 204 Å². The van der Waals surface area contributed by atoms with E-state index in [9.17, 15) is 34.1 Å². The van der Waals surface area contributed by atoms with E-state index in [1.807, 2.05) is 0 Å². The van der Waals surface area contributed by atoms with Crippen molar-refractivity contribution in [1.82, 2.24) is 15.2 Å². The van der Waals surface area contributed by atoms with Crippen LogP contribution >= 0.6 is 23.1 Å². The zero-order valence-electron chi connectivity index (χ0n) is 17.5. The van der Waals surface area contributed by atoms with Crippen LogP contribution < -0.4 is 10.6 Å². The van der Waals surface area contributed by atoms with Crippen LogP contribution in [0.4, 0.5) is 10.8 Å². The highest BCUT2D eigenvalue weighted by molar-refractivity contribution is 8.00. The van der Waals surface area contributed by atoms with Crippen molar-refractivity contribution in [1.29, 1.82) is 0 Å². The summed E-state index contributed by atoms with van der Waals surface area (Å²) in [6, 6.07) is 4.46. The Balaban J connectivity index is 1.34. The smallest absolute Gasteiger partial charge is 0.355 e. The van der Waals surface area contributed by atoms with Crippen LogP contribution in [-0.4, -0.2) is 62.0 Å². The summed E-state index contributed by atoms with van der Waals surface area (Å²) in [7, 11) is 0. The number of anilines is 1. The molecule has 0 bridgehead atoms. The third-order valence-corrected chi connectivity index (χ3v) is 6.94. The van der Waals surface area contributed by atoms with E-state index in [-0.39, 0.29) is 28.8 Å². The van der Waals surface area contributed by atoms with Crippen LogP contribution in [0, 0.1) is 10.1 Å². The predicted molar refractivity (Wildman–Crippen MR) is 122 cm³/mol. The topological polar surface area (TPSA) is 178 Å². The molecular formula is C20H15N5O8S2. The summed E-state index contributed by atoms with van der Waals surface area (Å²) < 4.78 is 5.24. The lowest BCUT2D eigenvalue weighted by molar-refractivity contribution is -0.384. The van der Waals surface area contributed by atoms with Gasteiger partial charge in [-0.3, -0.25) is 34.2 Å². The Bertz CT molecular complexity index is 1260. The molecule has 0 aliphatic carbocycles. The molecule has 13 nitrogen and oxygen atoms in total. The number of nitro benzene ring substituents is 1. The second-order valence-electron chi connectivity index (χ2n) is 7.10. The van der Waals surface area contributed by atoms with Gasteiger partial charge in [0.15, 0.2) is 5.13 Å². The molecule has 0 saturated carbocycles. The molecule has 2 atom stereocenters. The molecule has 3 heterocycles. The molecule has 1 saturated heterocycles. The summed E-state index contributed by atoms with van der Waals surface area (Å²) in [6.45, 7) is -0.155. The number of fused-ring (bicyclic) bond motifs is 1. The van der Waals surface area contributed by atoms with Gasteiger partial charge in [-0.1, -0.05) is 0 Å². The van der Waals surface area contributed by atoms with Crippen molar-refractivity contribution in [3.8, 4) is 0 Å². The number of nitrogens with zero attached hydrogens (tertiary/aromatic N) is 3. The predicted octanol–water partition coefficient (Wildman–Crippen LogP) is 0.830. The molecule has 3 amide bonds. The maximum atomic E-state index is 12.7. The van der Waals surface area contributed by atoms with E-state index in [1.54, 1.807) is 0 Å². The number of esters is 1. The molecule has 15 heteroatoms. The van der Waals surface area contributed by atoms with Crippen LogP contribution in [-0.2, 0) is 30.5 Å². The molecule has 2 aliphatic heterocycles. The first-order chi connectivity index (χ1) is 16.8. The number of hydrogen-bond acceptors (Lipinski definition) is 11. The lowest BCUT2D eigenvalue weighted by Crippen LogP contribution is -2.70. The van der Waals surface area contributed by atoms with E-state index >= 15 is 0 Å². The fourth-order valence-electron chi connectivity index (χ4n) is 3.28. The number of ether oxygens (including phenoxy) is 1. The first kappa shape index (κ1) is 24.0. The van der Waals surface area contributed by atoms with Crippen LogP contribution in [0.3, 0.4) is 0 Å². The number of carbonyl (C=O) groups is 5. The minimum Gasteiger partial charge on any atom is -0.456 e. The second kappa shape index (κ2) is 10.0. The maximum Gasteiger partial charge on any atom is 0.355 e. The van der Waals surface area contributed by atoms with Crippen molar-refractivity contribution in [3.63, 3.8) is 0 Å². The van der Waals surface area contributed by atoms with E-state index < -0.39 is 39.9 Å². The highest BCUT2D eigenvalue weighted by Crippen LogP contribution is 2.38. The maximum absolute atomic E-state index is 12.7. The van der Waals surface area contributed by atoms with Crippen molar-refractivity contribution >= 4 is 63.9 Å². The minimum atomic E-state index is -1.04. The second-order valence-corrected chi connectivity index (χ2v) is 9.11. The van der Waals surface area contributed by atoms with Gasteiger partial charge >= 0.3 is 5.97 Å². The summed E-state index contributed by atoms with van der Waals surface area (Å²) in [6.07, 6.45) is 1.91. The number of non-ortho nitro benzene ring substituents is 1. The number of hydrogen-bond donors (Lipinski definition) is 2. The fraction of sp³-hybridized carbons (Fsp3) is 0.200. The highest BCUT2D eigenvalue weighted by Gasteiger charge is 2.53. The number of benzene rings is 1.